The Bertz CT molecular complexity index is 116. The van der Waals surface area contributed by atoms with E-state index in [-0.39, 0.29) is 0 Å². The van der Waals surface area contributed by atoms with Crippen molar-refractivity contribution in [2.75, 3.05) is 0 Å². The van der Waals surface area contributed by atoms with Crippen LogP contribution < -0.4 is 0 Å². The molecule has 0 N–H and O–H groups in total. The number of rotatable bonds is 2. The van der Waals surface area contributed by atoms with Gasteiger partial charge in [-0.15, -0.1) is 0 Å². The Balaban J connectivity index is 2.54. The fourth-order valence-corrected chi connectivity index (χ4v) is 1.16. The quantitative estimate of drug-likeness (QED) is 0.438. The molecule has 1 nitrogen and oxygen atoms in total. The lowest BCUT2D eigenvalue weighted by atomic mass is 10.2. The summed E-state index contributed by atoms with van der Waals surface area (Å²) in [5, 5.41) is -0.998. The first-order valence-electron chi connectivity index (χ1n) is 3.16. The van der Waals surface area contributed by atoms with Gasteiger partial charge in [-0.3, -0.25) is 0 Å². The first-order valence-corrected chi connectivity index (χ1v) is 3.54. The lowest BCUT2D eigenvalue weighted by molar-refractivity contribution is 0.136. The molecule has 0 aliphatic carbocycles. The first kappa shape index (κ1) is 7.29. The summed E-state index contributed by atoms with van der Waals surface area (Å²) in [5.74, 6) is -1.54. The smallest absolute Gasteiger partial charge is 0.254 e. The molecule has 2 atom stereocenters. The summed E-state index contributed by atoms with van der Waals surface area (Å²) < 4.78 is 17.6. The van der Waals surface area contributed by atoms with Crippen LogP contribution in [0.5, 0.6) is 0 Å². The molecule has 0 aromatic heterocycles. The normalized spacial score (nSPS) is 49.3. The van der Waals surface area contributed by atoms with E-state index in [4.69, 9.17) is 11.6 Å². The summed E-state index contributed by atoms with van der Waals surface area (Å²) >= 11 is 5.64. The Kier molecular flexibility index (Phi) is 1.48. The van der Waals surface area contributed by atoms with Gasteiger partial charge in [-0.1, -0.05) is 25.4 Å². The highest BCUT2D eigenvalue weighted by atomic mass is 35.5. The van der Waals surface area contributed by atoms with Crippen LogP contribution in [0.2, 0.25) is 0 Å². The Morgan fingerprint density at radius 1 is 1.44 bits per heavy atom. The van der Waals surface area contributed by atoms with Crippen molar-refractivity contribution in [2.45, 2.75) is 37.6 Å². The lowest BCUT2D eigenvalue weighted by Gasteiger charge is -1.99. The molecule has 0 amide bonds. The van der Waals surface area contributed by atoms with Crippen LogP contribution >= 0.6 is 11.6 Å². The van der Waals surface area contributed by atoms with Crippen molar-refractivity contribution >= 4 is 11.6 Å². The van der Waals surface area contributed by atoms with Crippen LogP contribution in [0.3, 0.4) is 0 Å². The molecule has 1 saturated heterocycles. The molecule has 0 spiro atoms. The predicted molar refractivity (Wildman–Crippen MR) is 34.1 cm³/mol. The van der Waals surface area contributed by atoms with Gasteiger partial charge in [0.2, 0.25) is 5.06 Å². The molecular formula is C6H10ClFO. The van der Waals surface area contributed by atoms with E-state index in [1.165, 1.54) is 0 Å². The maximum absolute atomic E-state index is 12.9. The van der Waals surface area contributed by atoms with Crippen LogP contribution in [0, 0.1) is 0 Å². The van der Waals surface area contributed by atoms with E-state index < -0.39 is 10.9 Å². The maximum atomic E-state index is 12.9. The summed E-state index contributed by atoms with van der Waals surface area (Å²) in [5.41, 5.74) is 0. The Morgan fingerprint density at radius 2 is 2.00 bits per heavy atom. The highest BCUT2D eigenvalue weighted by Gasteiger charge is 2.68. The summed E-state index contributed by atoms with van der Waals surface area (Å²) in [6.45, 7) is 3.53. The molecule has 1 aliphatic heterocycles. The number of ether oxygens (including phenoxy) is 1. The van der Waals surface area contributed by atoms with E-state index >= 15 is 0 Å². The second kappa shape index (κ2) is 1.83. The molecule has 9 heavy (non-hydrogen) atoms. The largest absolute Gasteiger partial charge is 0.314 e. The monoisotopic (exact) mass is 152 g/mol. The first-order chi connectivity index (χ1) is 4.08. The van der Waals surface area contributed by atoms with Gasteiger partial charge in [0.25, 0.3) is 5.85 Å². The summed E-state index contributed by atoms with van der Waals surface area (Å²) in [7, 11) is 0. The van der Waals surface area contributed by atoms with Gasteiger partial charge in [0.05, 0.1) is 0 Å². The van der Waals surface area contributed by atoms with Gasteiger partial charge in [0.1, 0.15) is 0 Å². The van der Waals surface area contributed by atoms with Gasteiger partial charge in [0, 0.05) is 6.42 Å². The summed E-state index contributed by atoms with van der Waals surface area (Å²) in [4.78, 5) is 0. The average molecular weight is 153 g/mol. The summed E-state index contributed by atoms with van der Waals surface area (Å²) in [6, 6.07) is 0. The van der Waals surface area contributed by atoms with Crippen LogP contribution in [0.15, 0.2) is 0 Å². The van der Waals surface area contributed by atoms with Crippen molar-refractivity contribution in [1.29, 1.82) is 0 Å². The lowest BCUT2D eigenvalue weighted by Crippen LogP contribution is -2.12. The molecule has 3 heteroatoms. The molecule has 0 saturated carbocycles. The number of hydrogen-bond acceptors (Lipinski definition) is 1. The molecular weight excluding hydrogens is 143 g/mol. The van der Waals surface area contributed by atoms with Crippen LogP contribution in [0.25, 0.3) is 0 Å². The van der Waals surface area contributed by atoms with Crippen LogP contribution in [0.1, 0.15) is 26.7 Å². The maximum Gasteiger partial charge on any atom is 0.254 e. The second-order valence-corrected chi connectivity index (χ2v) is 2.88. The molecule has 54 valence electrons. The minimum atomic E-state index is -1.54. The third-order valence-corrected chi connectivity index (χ3v) is 2.38. The molecule has 1 heterocycles. The van der Waals surface area contributed by atoms with E-state index in [0.29, 0.717) is 12.8 Å². The van der Waals surface area contributed by atoms with Crippen LogP contribution in [-0.4, -0.2) is 10.9 Å². The molecule has 0 unspecified atom stereocenters. The van der Waals surface area contributed by atoms with E-state index in [2.05, 4.69) is 4.74 Å². The zero-order valence-electron chi connectivity index (χ0n) is 5.58. The van der Waals surface area contributed by atoms with E-state index in [1.54, 1.807) is 6.92 Å². The van der Waals surface area contributed by atoms with E-state index in [9.17, 15) is 4.39 Å². The van der Waals surface area contributed by atoms with E-state index in [0.717, 1.165) is 0 Å². The molecule has 0 aromatic rings. The highest BCUT2D eigenvalue weighted by Crippen LogP contribution is 2.56. The fourth-order valence-electron chi connectivity index (χ4n) is 0.903. The van der Waals surface area contributed by atoms with Gasteiger partial charge >= 0.3 is 0 Å². The van der Waals surface area contributed by atoms with Crippen LogP contribution in [0.4, 0.5) is 4.39 Å². The number of hydrogen-bond donors (Lipinski definition) is 0. The molecule has 1 fully saturated rings. The molecule has 0 bridgehead atoms. The topological polar surface area (TPSA) is 12.5 Å². The molecule has 0 radical (unpaired) electrons. The van der Waals surface area contributed by atoms with Crippen molar-refractivity contribution in [1.82, 2.24) is 0 Å². The zero-order chi connectivity index (χ0) is 7.12. The SMILES string of the molecule is CC[C@@]1(F)O[C@]1(Cl)CC. The number of halogens is 2. The number of epoxide rings is 1. The minimum Gasteiger partial charge on any atom is -0.314 e. The minimum absolute atomic E-state index is 0.338. The Morgan fingerprint density at radius 3 is 2.11 bits per heavy atom. The van der Waals surface area contributed by atoms with E-state index in [1.807, 2.05) is 6.92 Å². The van der Waals surface area contributed by atoms with Crippen molar-refractivity contribution < 1.29 is 9.13 Å². The molecule has 0 aromatic carbocycles. The van der Waals surface area contributed by atoms with Crippen molar-refractivity contribution in [3.05, 3.63) is 0 Å². The fraction of sp³-hybridized carbons (Fsp3) is 1.00. The Hall–Kier alpha value is 0.180. The van der Waals surface area contributed by atoms with Gasteiger partial charge in [-0.25, -0.2) is 4.39 Å². The third-order valence-electron chi connectivity index (χ3n) is 1.75. The third kappa shape index (κ3) is 0.849. The predicted octanol–water partition coefficient (Wildman–Crippen LogP) is 2.44. The van der Waals surface area contributed by atoms with Gasteiger partial charge < -0.3 is 4.74 Å². The molecule has 1 aliphatic rings. The number of alkyl halides is 2. The Labute approximate surface area is 59.1 Å². The second-order valence-electron chi connectivity index (χ2n) is 2.27. The standard InChI is InChI=1S/C6H10ClFO/c1-3-5(7)6(8,4-2)9-5/h3-4H2,1-2H3/t5-,6-/m1/s1. The zero-order valence-corrected chi connectivity index (χ0v) is 6.33. The van der Waals surface area contributed by atoms with Crippen molar-refractivity contribution in [2.24, 2.45) is 0 Å². The van der Waals surface area contributed by atoms with Crippen molar-refractivity contribution in [3.8, 4) is 0 Å². The van der Waals surface area contributed by atoms with Gasteiger partial charge in [-0.05, 0) is 6.42 Å². The highest BCUT2D eigenvalue weighted by molar-refractivity contribution is 6.25. The van der Waals surface area contributed by atoms with Gasteiger partial charge in [0.15, 0.2) is 0 Å². The van der Waals surface area contributed by atoms with Gasteiger partial charge in [-0.2, -0.15) is 0 Å². The van der Waals surface area contributed by atoms with Crippen molar-refractivity contribution in [3.63, 3.8) is 0 Å². The summed E-state index contributed by atoms with van der Waals surface area (Å²) in [6.07, 6.45) is 0.864. The average Bonchev–Trinajstić information content (AvgIpc) is 2.39. The van der Waals surface area contributed by atoms with Crippen LogP contribution in [-0.2, 0) is 4.74 Å². The molecule has 1 rings (SSSR count).